The first-order valence-corrected chi connectivity index (χ1v) is 9.98. The zero-order valence-electron chi connectivity index (χ0n) is 17.9. The fourth-order valence-corrected chi connectivity index (χ4v) is 2.13. The van der Waals surface area contributed by atoms with Crippen molar-refractivity contribution in [2.75, 3.05) is 33.0 Å². The first-order valence-electron chi connectivity index (χ1n) is 9.98. The predicted octanol–water partition coefficient (Wildman–Crippen LogP) is 4.83. The molecular formula is C21H44O4. The lowest BCUT2D eigenvalue weighted by Gasteiger charge is -2.17. The Kier molecular flexibility index (Phi) is 13.0. The van der Waals surface area contributed by atoms with E-state index in [1.54, 1.807) is 0 Å². The molecule has 0 aromatic rings. The van der Waals surface area contributed by atoms with Gasteiger partial charge in [0.15, 0.2) is 0 Å². The largest absolute Gasteiger partial charge is 0.391 e. The van der Waals surface area contributed by atoms with Crippen LogP contribution in [0.5, 0.6) is 0 Å². The summed E-state index contributed by atoms with van der Waals surface area (Å²) < 4.78 is 15.8. The van der Waals surface area contributed by atoms with Crippen LogP contribution in [0.15, 0.2) is 0 Å². The maximum absolute atomic E-state index is 9.19. The molecule has 0 aromatic carbocycles. The van der Waals surface area contributed by atoms with Crippen LogP contribution >= 0.6 is 0 Å². The molecule has 1 fully saturated rings. The lowest BCUT2D eigenvalue weighted by atomic mass is 9.91. The van der Waals surface area contributed by atoms with Gasteiger partial charge in [-0.05, 0) is 42.9 Å². The van der Waals surface area contributed by atoms with Gasteiger partial charge in [-0.25, -0.2) is 0 Å². The minimum Gasteiger partial charge on any atom is -0.391 e. The van der Waals surface area contributed by atoms with Crippen LogP contribution in [-0.2, 0) is 14.2 Å². The molecule has 0 spiro atoms. The topological polar surface area (TPSA) is 51.2 Å². The van der Waals surface area contributed by atoms with Crippen molar-refractivity contribution in [3.63, 3.8) is 0 Å². The third-order valence-electron chi connectivity index (χ3n) is 3.92. The molecule has 1 rings (SSSR count). The molecule has 152 valence electrons. The number of epoxide rings is 1. The van der Waals surface area contributed by atoms with Gasteiger partial charge >= 0.3 is 0 Å². The van der Waals surface area contributed by atoms with Gasteiger partial charge in [0.25, 0.3) is 0 Å². The van der Waals surface area contributed by atoms with Gasteiger partial charge in [0.1, 0.15) is 6.10 Å². The van der Waals surface area contributed by atoms with Crippen LogP contribution in [-0.4, -0.2) is 50.3 Å². The smallest absolute Gasteiger partial charge is 0.104 e. The summed E-state index contributed by atoms with van der Waals surface area (Å²) in [5, 5.41) is 9.19. The Morgan fingerprint density at radius 1 is 0.960 bits per heavy atom. The van der Waals surface area contributed by atoms with Gasteiger partial charge < -0.3 is 19.3 Å². The van der Waals surface area contributed by atoms with Crippen molar-refractivity contribution in [3.8, 4) is 0 Å². The summed E-state index contributed by atoms with van der Waals surface area (Å²) in [6.45, 7) is 19.3. The number of hydrogen-bond acceptors (Lipinski definition) is 4. The summed E-state index contributed by atoms with van der Waals surface area (Å²) >= 11 is 0. The van der Waals surface area contributed by atoms with Gasteiger partial charge in [-0.1, -0.05) is 48.5 Å². The first-order chi connectivity index (χ1) is 11.5. The van der Waals surface area contributed by atoms with Gasteiger partial charge in [-0.15, -0.1) is 0 Å². The van der Waals surface area contributed by atoms with E-state index in [2.05, 4.69) is 41.5 Å². The molecule has 0 amide bonds. The molecule has 1 saturated heterocycles. The average Bonchev–Trinajstić information content (AvgIpc) is 3.29. The molecule has 4 heteroatoms. The minimum absolute atomic E-state index is 0.283. The van der Waals surface area contributed by atoms with Crippen molar-refractivity contribution < 1.29 is 19.3 Å². The van der Waals surface area contributed by atoms with Crippen LogP contribution in [0.2, 0.25) is 0 Å². The second-order valence-electron chi connectivity index (χ2n) is 9.50. The van der Waals surface area contributed by atoms with Crippen molar-refractivity contribution in [3.05, 3.63) is 0 Å². The Balaban J connectivity index is 0.000000462. The highest BCUT2D eigenvalue weighted by molar-refractivity contribution is 4.67. The van der Waals surface area contributed by atoms with Gasteiger partial charge in [0.05, 0.1) is 25.9 Å². The van der Waals surface area contributed by atoms with Gasteiger partial charge in [0.2, 0.25) is 0 Å². The summed E-state index contributed by atoms with van der Waals surface area (Å²) in [5.74, 6) is 0. The molecule has 2 unspecified atom stereocenters. The average molecular weight is 361 g/mol. The molecule has 1 N–H and O–H groups in total. The molecule has 2 atom stereocenters. The van der Waals surface area contributed by atoms with Crippen LogP contribution in [0.4, 0.5) is 0 Å². The zero-order chi connectivity index (χ0) is 19.3. The molecule has 1 heterocycles. The molecular weight excluding hydrogens is 316 g/mol. The van der Waals surface area contributed by atoms with Crippen LogP contribution in [0.1, 0.15) is 80.6 Å². The van der Waals surface area contributed by atoms with E-state index in [4.69, 9.17) is 14.2 Å². The molecule has 1 aliphatic rings. The van der Waals surface area contributed by atoms with E-state index in [-0.39, 0.29) is 6.10 Å². The zero-order valence-corrected chi connectivity index (χ0v) is 17.9. The SMILES string of the molecule is CC(C)(C)CCCOCC1CO1.CCC(O)COCCCC(C)(C)C. The van der Waals surface area contributed by atoms with E-state index in [0.717, 1.165) is 45.7 Å². The Morgan fingerprint density at radius 2 is 1.44 bits per heavy atom. The van der Waals surface area contributed by atoms with Crippen LogP contribution in [0.3, 0.4) is 0 Å². The van der Waals surface area contributed by atoms with Crippen molar-refractivity contribution in [2.45, 2.75) is 92.8 Å². The molecule has 0 bridgehead atoms. The first kappa shape index (κ1) is 24.8. The van der Waals surface area contributed by atoms with Crippen molar-refractivity contribution >= 4 is 0 Å². The Bertz CT molecular complexity index is 300. The monoisotopic (exact) mass is 360 g/mol. The van der Waals surface area contributed by atoms with Crippen LogP contribution in [0.25, 0.3) is 0 Å². The summed E-state index contributed by atoms with van der Waals surface area (Å²) in [7, 11) is 0. The standard InChI is InChI=1S/C11H24O2.C10H20O2/c1-5-10(12)9-13-8-6-7-11(2,3)4;1-10(2,3)5-4-6-11-7-9-8-12-9/h10,12H,5-9H2,1-4H3;9H,4-8H2,1-3H3. The normalized spacial score (nSPS) is 18.5. The van der Waals surface area contributed by atoms with Gasteiger partial charge in [-0.3, -0.25) is 0 Å². The van der Waals surface area contributed by atoms with Gasteiger partial charge in [-0.2, -0.15) is 0 Å². The molecule has 0 aromatic heterocycles. The van der Waals surface area contributed by atoms with E-state index in [0.29, 0.717) is 23.5 Å². The molecule has 0 saturated carbocycles. The summed E-state index contributed by atoms with van der Waals surface area (Å²) in [4.78, 5) is 0. The van der Waals surface area contributed by atoms with E-state index in [1.165, 1.54) is 12.8 Å². The second-order valence-corrected chi connectivity index (χ2v) is 9.50. The van der Waals surface area contributed by atoms with E-state index in [1.807, 2.05) is 6.92 Å². The third-order valence-corrected chi connectivity index (χ3v) is 3.92. The van der Waals surface area contributed by atoms with Crippen LogP contribution < -0.4 is 0 Å². The quantitative estimate of drug-likeness (QED) is 0.423. The predicted molar refractivity (Wildman–Crippen MR) is 105 cm³/mol. The van der Waals surface area contributed by atoms with Crippen molar-refractivity contribution in [2.24, 2.45) is 10.8 Å². The number of hydrogen-bond donors (Lipinski definition) is 1. The molecule has 1 aliphatic heterocycles. The maximum atomic E-state index is 9.19. The molecule has 0 aliphatic carbocycles. The number of rotatable bonds is 11. The Labute approximate surface area is 156 Å². The maximum Gasteiger partial charge on any atom is 0.104 e. The van der Waals surface area contributed by atoms with Crippen molar-refractivity contribution in [1.82, 2.24) is 0 Å². The highest BCUT2D eigenvalue weighted by Gasteiger charge is 2.22. The number of aliphatic hydroxyl groups is 1. The highest BCUT2D eigenvalue weighted by atomic mass is 16.6. The summed E-state index contributed by atoms with van der Waals surface area (Å²) in [6.07, 6.45) is 5.57. The lowest BCUT2D eigenvalue weighted by molar-refractivity contribution is 0.0314. The number of ether oxygens (including phenoxy) is 3. The lowest BCUT2D eigenvalue weighted by Crippen LogP contribution is -2.15. The minimum atomic E-state index is -0.283. The Hall–Kier alpha value is -0.160. The molecule has 25 heavy (non-hydrogen) atoms. The fraction of sp³-hybridized carbons (Fsp3) is 1.00. The van der Waals surface area contributed by atoms with Gasteiger partial charge in [0, 0.05) is 13.2 Å². The molecule has 4 nitrogen and oxygen atoms in total. The highest BCUT2D eigenvalue weighted by Crippen LogP contribution is 2.21. The summed E-state index contributed by atoms with van der Waals surface area (Å²) in [6, 6.07) is 0. The second kappa shape index (κ2) is 13.1. The van der Waals surface area contributed by atoms with E-state index >= 15 is 0 Å². The molecule has 0 radical (unpaired) electrons. The Morgan fingerprint density at radius 3 is 1.84 bits per heavy atom. The van der Waals surface area contributed by atoms with E-state index < -0.39 is 0 Å². The van der Waals surface area contributed by atoms with Crippen molar-refractivity contribution in [1.29, 1.82) is 0 Å². The fourth-order valence-electron chi connectivity index (χ4n) is 2.13. The number of aliphatic hydroxyl groups excluding tert-OH is 1. The summed E-state index contributed by atoms with van der Waals surface area (Å²) in [5.41, 5.74) is 0.839. The third kappa shape index (κ3) is 21.8. The van der Waals surface area contributed by atoms with E-state index in [9.17, 15) is 5.11 Å². The van der Waals surface area contributed by atoms with Crippen LogP contribution in [0, 0.1) is 10.8 Å².